The minimum atomic E-state index is 0. The van der Waals surface area contributed by atoms with Crippen molar-refractivity contribution in [1.29, 1.82) is 0 Å². The Hall–Kier alpha value is 0.692. The van der Waals surface area contributed by atoms with E-state index < -0.39 is 0 Å². The third kappa shape index (κ3) is 11.9. The molecular weight excluding hydrogens is 178 g/mol. The second-order valence-electron chi connectivity index (χ2n) is 0.398. The fraction of sp³-hybridized carbons (Fsp3) is 0.333. The van der Waals surface area contributed by atoms with Crippen LogP contribution >= 0.6 is 11.6 Å². The molecule has 0 rings (SSSR count). The van der Waals surface area contributed by atoms with Crippen LogP contribution in [0.4, 0.5) is 0 Å². The Morgan fingerprint density at radius 2 is 2.00 bits per heavy atom. The Morgan fingerprint density at radius 1 is 1.80 bits per heavy atom. The molecule has 0 aliphatic heterocycles. The summed E-state index contributed by atoms with van der Waals surface area (Å²) in [5.41, 5.74) is 2.28. The van der Waals surface area contributed by atoms with Gasteiger partial charge in [-0.3, -0.25) is 6.08 Å². The van der Waals surface area contributed by atoms with Crippen molar-refractivity contribution in [1.82, 2.24) is 0 Å². The van der Waals surface area contributed by atoms with Crippen molar-refractivity contribution in [3.8, 4) is 0 Å². The van der Waals surface area contributed by atoms with Crippen LogP contribution < -0.4 is 0 Å². The summed E-state index contributed by atoms with van der Waals surface area (Å²) in [6.07, 6.45) is 1.64. The van der Waals surface area contributed by atoms with Gasteiger partial charge in [0.15, 0.2) is 0 Å². The maximum Gasteiger partial charge on any atom is 0 e. The maximum atomic E-state index is 4.88. The Labute approximate surface area is 50.9 Å². The predicted molar refractivity (Wildman–Crippen MR) is 19.3 cm³/mol. The van der Waals surface area contributed by atoms with Crippen LogP contribution in [0.15, 0.2) is 6.08 Å². The molecule has 5 heavy (non-hydrogen) atoms. The molecule has 0 unspecified atom stereocenters. The first kappa shape index (κ1) is 9.19. The summed E-state index contributed by atoms with van der Waals surface area (Å²) in [5.74, 6) is 0. The number of hydrogen-bond acceptors (Lipinski definition) is 0. The van der Waals surface area contributed by atoms with Gasteiger partial charge in [0, 0.05) is 20.4 Å². The van der Waals surface area contributed by atoms with Gasteiger partial charge in [0.25, 0.3) is 0 Å². The fourth-order valence-corrected chi connectivity index (χ4v) is 0. The average Bonchev–Trinajstić information content (AvgIpc) is 1.37. The molecule has 0 bridgehead atoms. The topological polar surface area (TPSA) is 0 Å². The van der Waals surface area contributed by atoms with E-state index in [9.17, 15) is 0 Å². The Bertz CT molecular complexity index is 22.1. The summed E-state index contributed by atoms with van der Waals surface area (Å²) >= 11 is 4.88. The van der Waals surface area contributed by atoms with Crippen LogP contribution in [0.3, 0.4) is 0 Å². The van der Waals surface area contributed by atoms with Gasteiger partial charge in [-0.05, 0) is 0 Å². The van der Waals surface area contributed by atoms with Crippen LogP contribution in [-0.2, 0) is 20.4 Å². The number of hydrogen-bond donors (Lipinski definition) is 0. The molecule has 0 atom stereocenters. The van der Waals surface area contributed by atoms with E-state index >= 15 is 0 Å². The van der Waals surface area contributed by atoms with Gasteiger partial charge in [-0.25, -0.2) is 0 Å². The van der Waals surface area contributed by atoms with Crippen LogP contribution in [0.5, 0.6) is 0 Å². The Kier molecular flexibility index (Phi) is 16.2. The molecule has 0 saturated carbocycles. The van der Waals surface area contributed by atoms with Gasteiger partial charge in [-0.2, -0.15) is 0 Å². The monoisotopic (exact) mass is 181 g/mol. The third-order valence-corrected chi connectivity index (χ3v) is 0.327. The quantitative estimate of drug-likeness (QED) is 0.393. The first-order valence-electron chi connectivity index (χ1n) is 1.06. The van der Waals surface area contributed by atoms with E-state index in [1.807, 2.05) is 6.92 Å². The molecule has 0 aromatic heterocycles. The van der Waals surface area contributed by atoms with Gasteiger partial charge in [0.2, 0.25) is 0 Å². The number of allylic oxidation sites excluding steroid dienone is 1. The van der Waals surface area contributed by atoms with E-state index in [-0.39, 0.29) is 20.4 Å². The van der Waals surface area contributed by atoms with Crippen molar-refractivity contribution in [3.05, 3.63) is 11.6 Å². The van der Waals surface area contributed by atoms with E-state index in [1.54, 1.807) is 6.08 Å². The zero-order chi connectivity index (χ0) is 3.41. The molecule has 0 saturated heterocycles. The van der Waals surface area contributed by atoms with Gasteiger partial charge < -0.3 is 17.1 Å². The first-order valence-corrected chi connectivity index (χ1v) is 1.43. The smallest absolute Gasteiger partial charge is 0 e. The second-order valence-corrected chi connectivity index (χ2v) is 0.616. The van der Waals surface area contributed by atoms with Gasteiger partial charge >= 0.3 is 0 Å². The summed E-state index contributed by atoms with van der Waals surface area (Å²) in [5, 5.41) is 0. The van der Waals surface area contributed by atoms with Gasteiger partial charge in [0.1, 0.15) is 0 Å². The van der Waals surface area contributed by atoms with Crippen molar-refractivity contribution in [3.63, 3.8) is 0 Å². The van der Waals surface area contributed by atoms with Crippen LogP contribution in [0.25, 0.3) is 0 Å². The molecular formula is C3H4ClPd-. The first-order chi connectivity index (χ1) is 1.91. The molecule has 0 aromatic rings. The molecule has 0 amide bonds. The minimum absolute atomic E-state index is 0. The van der Waals surface area contributed by atoms with Crippen LogP contribution in [0, 0.1) is 5.54 Å². The third-order valence-electron chi connectivity index (χ3n) is 0.109. The maximum absolute atomic E-state index is 4.88. The fourth-order valence-electron chi connectivity index (χ4n) is 0. The molecule has 0 nitrogen and oxygen atoms in total. The van der Waals surface area contributed by atoms with Crippen molar-refractivity contribution in [2.45, 2.75) is 6.92 Å². The standard InChI is InChI=1S/C3H4Cl.Pd/c1-2-3-4;/h2H,1H3;/q-1;. The molecule has 0 aromatic carbocycles. The summed E-state index contributed by atoms with van der Waals surface area (Å²) in [6, 6.07) is 0. The van der Waals surface area contributed by atoms with Crippen molar-refractivity contribution in [2.24, 2.45) is 0 Å². The summed E-state index contributed by atoms with van der Waals surface area (Å²) < 4.78 is 0. The molecule has 34 valence electrons. The number of halogens is 1. The Morgan fingerprint density at radius 3 is 2.00 bits per heavy atom. The summed E-state index contributed by atoms with van der Waals surface area (Å²) in [7, 11) is 0. The molecule has 0 fully saturated rings. The summed E-state index contributed by atoms with van der Waals surface area (Å²) in [4.78, 5) is 0. The van der Waals surface area contributed by atoms with Crippen molar-refractivity contribution in [2.75, 3.05) is 0 Å². The largest absolute Gasteiger partial charge is 0.403 e. The predicted octanol–water partition coefficient (Wildman–Crippen LogP) is 1.56. The van der Waals surface area contributed by atoms with E-state index in [0.717, 1.165) is 0 Å². The van der Waals surface area contributed by atoms with Gasteiger partial charge in [-0.15, -0.1) is 0 Å². The zero-order valence-corrected chi connectivity index (χ0v) is 5.08. The average molecular weight is 182 g/mol. The SMILES string of the molecule is CC=[C-]Cl.[Pd]. The van der Waals surface area contributed by atoms with Crippen molar-refractivity contribution >= 4 is 11.6 Å². The molecule has 0 radical (unpaired) electrons. The van der Waals surface area contributed by atoms with Crippen molar-refractivity contribution < 1.29 is 20.4 Å². The molecule has 0 spiro atoms. The van der Waals surface area contributed by atoms with Gasteiger partial charge in [0.05, 0.1) is 0 Å². The molecule has 0 N–H and O–H groups in total. The molecule has 0 heterocycles. The number of rotatable bonds is 0. The van der Waals surface area contributed by atoms with Crippen LogP contribution in [0.2, 0.25) is 0 Å². The summed E-state index contributed by atoms with van der Waals surface area (Å²) in [6.45, 7) is 1.81. The zero-order valence-electron chi connectivity index (χ0n) is 2.77. The molecule has 0 aliphatic carbocycles. The van der Waals surface area contributed by atoms with E-state index in [2.05, 4.69) is 5.54 Å². The molecule has 2 heteroatoms. The minimum Gasteiger partial charge on any atom is -0.403 e. The van der Waals surface area contributed by atoms with E-state index in [0.29, 0.717) is 0 Å². The van der Waals surface area contributed by atoms with E-state index in [1.165, 1.54) is 0 Å². The second kappa shape index (κ2) is 8.83. The van der Waals surface area contributed by atoms with Crippen LogP contribution in [-0.4, -0.2) is 0 Å². The van der Waals surface area contributed by atoms with Gasteiger partial charge in [-0.1, -0.05) is 6.92 Å². The normalized spacial score (nSPS) is 7.60. The Balaban J connectivity index is 0. The molecule has 0 aliphatic rings. The van der Waals surface area contributed by atoms with E-state index in [4.69, 9.17) is 11.6 Å². The van der Waals surface area contributed by atoms with Crippen LogP contribution in [0.1, 0.15) is 6.92 Å².